The second-order valence-corrected chi connectivity index (χ2v) is 12.6. The molecule has 18 heteroatoms. The number of aromatic nitrogens is 5. The number of anilines is 2. The van der Waals surface area contributed by atoms with Crippen LogP contribution in [0, 0.1) is 5.95 Å². The van der Waals surface area contributed by atoms with Crippen molar-refractivity contribution in [1.82, 2.24) is 29.0 Å². The van der Waals surface area contributed by atoms with Crippen molar-refractivity contribution in [2.75, 3.05) is 49.6 Å². The maximum absolute atomic E-state index is 14.3. The molecule has 3 aliphatic heterocycles. The first kappa shape index (κ1) is 33.5. The Morgan fingerprint density at radius 2 is 1.90 bits per heavy atom. The highest BCUT2D eigenvalue weighted by Gasteiger charge is 2.41. The van der Waals surface area contributed by atoms with Gasteiger partial charge in [0, 0.05) is 38.3 Å². The average molecular weight is 717 g/mol. The monoisotopic (exact) mass is 716 g/mol. The maximum atomic E-state index is 14.3. The van der Waals surface area contributed by atoms with Crippen molar-refractivity contribution in [3.05, 3.63) is 80.5 Å². The largest absolute Gasteiger partial charge is 0.503 e. The molecule has 2 N–H and O–H groups in total. The predicted octanol–water partition coefficient (Wildman–Crippen LogP) is 4.26. The van der Waals surface area contributed by atoms with Crippen molar-refractivity contribution in [2.24, 2.45) is 0 Å². The van der Waals surface area contributed by atoms with Gasteiger partial charge in [-0.2, -0.15) is 27.1 Å². The molecule has 2 amide bonds. The van der Waals surface area contributed by atoms with Crippen molar-refractivity contribution >= 4 is 46.1 Å². The van der Waals surface area contributed by atoms with Crippen molar-refractivity contribution in [2.45, 2.75) is 37.9 Å². The summed E-state index contributed by atoms with van der Waals surface area (Å²) < 4.78 is 61.8. The summed E-state index contributed by atoms with van der Waals surface area (Å²) in [5, 5.41) is 17.0. The SMILES string of the molecule is CC1CC(C(=O)Nc2ccc(C(F)(F)F)cc2Cl)n2c1c(N1CCN(C(=O)c3ccnc(F)c3O)CC1)c(=O)n1nc(C3=CCOCC3)nc21. The predicted molar refractivity (Wildman–Crippen MR) is 172 cm³/mol. The minimum atomic E-state index is -4.62. The molecule has 0 spiro atoms. The molecule has 0 bridgehead atoms. The first-order valence-electron chi connectivity index (χ1n) is 15.7. The Kier molecular flexibility index (Phi) is 8.50. The Labute approximate surface area is 285 Å². The van der Waals surface area contributed by atoms with Crippen LogP contribution >= 0.6 is 11.6 Å². The molecule has 1 fully saturated rings. The van der Waals surface area contributed by atoms with Crippen LogP contribution in [0.4, 0.5) is 28.9 Å². The fourth-order valence-electron chi connectivity index (χ4n) is 6.66. The molecule has 4 aromatic rings. The van der Waals surface area contributed by atoms with Crippen LogP contribution in [-0.4, -0.2) is 85.4 Å². The lowest BCUT2D eigenvalue weighted by atomic mass is 10.0. The number of hydrogen-bond acceptors (Lipinski definition) is 9. The lowest BCUT2D eigenvalue weighted by molar-refractivity contribution is -0.137. The molecule has 0 aliphatic carbocycles. The first-order valence-corrected chi connectivity index (χ1v) is 16.1. The molecule has 2 unspecified atom stereocenters. The summed E-state index contributed by atoms with van der Waals surface area (Å²) in [6.07, 6.45) is -0.996. The molecular formula is C32H29ClF4N8O5. The zero-order valence-corrected chi connectivity index (χ0v) is 27.1. The Morgan fingerprint density at radius 1 is 1.14 bits per heavy atom. The number of halogens is 5. The first-order chi connectivity index (χ1) is 23.8. The van der Waals surface area contributed by atoms with Gasteiger partial charge in [-0.25, -0.2) is 4.98 Å². The second kappa shape index (κ2) is 12.7. The van der Waals surface area contributed by atoms with Gasteiger partial charge in [0.2, 0.25) is 11.7 Å². The Balaban J connectivity index is 1.26. The second-order valence-electron chi connectivity index (χ2n) is 12.2. The summed E-state index contributed by atoms with van der Waals surface area (Å²) in [6.45, 7) is 3.24. The summed E-state index contributed by atoms with van der Waals surface area (Å²) in [6, 6.07) is 2.92. The zero-order chi connectivity index (χ0) is 35.5. The van der Waals surface area contributed by atoms with E-state index in [1.807, 2.05) is 13.0 Å². The maximum Gasteiger partial charge on any atom is 0.416 e. The molecule has 6 heterocycles. The molecule has 0 saturated carbocycles. The Hall–Kier alpha value is -5.03. The smallest absolute Gasteiger partial charge is 0.416 e. The van der Waals surface area contributed by atoms with Crippen LogP contribution in [0.25, 0.3) is 11.4 Å². The number of carbonyl (C=O) groups is 2. The van der Waals surface area contributed by atoms with Gasteiger partial charge in [0.15, 0.2) is 11.6 Å². The van der Waals surface area contributed by atoms with E-state index in [0.29, 0.717) is 31.2 Å². The van der Waals surface area contributed by atoms with Crippen LogP contribution in [0.5, 0.6) is 5.75 Å². The lowest BCUT2D eigenvalue weighted by Crippen LogP contribution is -2.50. The van der Waals surface area contributed by atoms with Crippen molar-refractivity contribution < 1.29 is 37.0 Å². The lowest BCUT2D eigenvalue weighted by Gasteiger charge is -2.36. The van der Waals surface area contributed by atoms with Crippen LogP contribution in [0.15, 0.2) is 41.3 Å². The van der Waals surface area contributed by atoms with Gasteiger partial charge in [-0.3, -0.25) is 19.0 Å². The molecular weight excluding hydrogens is 688 g/mol. The standard InChI is InChI=1S/C32H29ClF4N8O5/c1-16-14-22(28(47)39-21-3-2-18(15-20(21)33)32(35,36)37)44-23(16)24(30(49)45-31(44)40-27(41-45)17-5-12-50-13-6-17)42-8-10-43(11-9-42)29(48)19-4-7-38-26(34)25(19)46/h2-5,7,15-16,22,46H,6,8-14H2,1H3,(H,39,47). The number of ether oxygens (including phenoxy) is 1. The van der Waals surface area contributed by atoms with E-state index in [-0.39, 0.29) is 66.3 Å². The third-order valence-electron chi connectivity index (χ3n) is 9.16. The van der Waals surface area contributed by atoms with E-state index >= 15 is 0 Å². The molecule has 7 rings (SSSR count). The minimum Gasteiger partial charge on any atom is -0.503 e. The van der Waals surface area contributed by atoms with Crippen LogP contribution in [-0.2, 0) is 15.7 Å². The number of piperazine rings is 1. The van der Waals surface area contributed by atoms with Gasteiger partial charge < -0.3 is 25.0 Å². The summed E-state index contributed by atoms with van der Waals surface area (Å²) >= 11 is 6.16. The molecule has 0 radical (unpaired) electrons. The molecule has 13 nitrogen and oxygen atoms in total. The zero-order valence-electron chi connectivity index (χ0n) is 26.4. The van der Waals surface area contributed by atoms with Crippen LogP contribution in [0.3, 0.4) is 0 Å². The van der Waals surface area contributed by atoms with Gasteiger partial charge in [-0.1, -0.05) is 24.6 Å². The van der Waals surface area contributed by atoms with Crippen molar-refractivity contribution in [3.63, 3.8) is 0 Å². The van der Waals surface area contributed by atoms with Gasteiger partial charge in [0.1, 0.15) is 11.7 Å². The van der Waals surface area contributed by atoms with Gasteiger partial charge in [-0.05, 0) is 42.7 Å². The number of carbonyl (C=O) groups excluding carboxylic acids is 2. The molecule has 262 valence electrons. The van der Waals surface area contributed by atoms with Gasteiger partial charge in [0.05, 0.1) is 40.7 Å². The van der Waals surface area contributed by atoms with Gasteiger partial charge in [0.25, 0.3) is 17.4 Å². The van der Waals surface area contributed by atoms with E-state index in [1.165, 1.54) is 11.0 Å². The molecule has 1 aromatic carbocycles. The average Bonchev–Trinajstić information content (AvgIpc) is 3.69. The summed E-state index contributed by atoms with van der Waals surface area (Å²) in [4.78, 5) is 52.6. The van der Waals surface area contributed by atoms with E-state index in [1.54, 1.807) is 9.47 Å². The number of amides is 2. The highest BCUT2D eigenvalue weighted by molar-refractivity contribution is 6.33. The molecule has 3 aliphatic rings. The number of alkyl halides is 3. The molecule has 50 heavy (non-hydrogen) atoms. The summed E-state index contributed by atoms with van der Waals surface area (Å²) in [5.74, 6) is -3.14. The highest BCUT2D eigenvalue weighted by atomic mass is 35.5. The normalized spacial score (nSPS) is 19.4. The number of pyridine rings is 1. The van der Waals surface area contributed by atoms with E-state index in [4.69, 9.17) is 21.3 Å². The molecule has 2 atom stereocenters. The number of rotatable bonds is 5. The number of nitrogens with one attached hydrogen (secondary N) is 1. The third-order valence-corrected chi connectivity index (χ3v) is 9.47. The topological polar surface area (TPSA) is 147 Å². The quantitative estimate of drug-likeness (QED) is 0.229. The Bertz CT molecular complexity index is 2130. The number of benzene rings is 1. The fraction of sp³-hybridized carbons (Fsp3) is 0.375. The Morgan fingerprint density at radius 3 is 2.58 bits per heavy atom. The van der Waals surface area contributed by atoms with Gasteiger partial charge in [-0.15, -0.1) is 5.10 Å². The summed E-state index contributed by atoms with van der Waals surface area (Å²) in [5.41, 5.74) is -0.161. The fourth-order valence-corrected chi connectivity index (χ4v) is 6.89. The van der Waals surface area contributed by atoms with E-state index < -0.39 is 46.9 Å². The molecule has 1 saturated heterocycles. The summed E-state index contributed by atoms with van der Waals surface area (Å²) in [7, 11) is 0. The number of fused-ring (bicyclic) bond motifs is 3. The van der Waals surface area contributed by atoms with Crippen molar-refractivity contribution in [1.29, 1.82) is 0 Å². The van der Waals surface area contributed by atoms with Crippen LogP contribution < -0.4 is 15.8 Å². The third kappa shape index (κ3) is 5.83. The molecule has 3 aromatic heterocycles. The van der Waals surface area contributed by atoms with Crippen LogP contribution in [0.2, 0.25) is 5.02 Å². The van der Waals surface area contributed by atoms with E-state index in [0.717, 1.165) is 34.5 Å². The van der Waals surface area contributed by atoms with Crippen molar-refractivity contribution in [3.8, 4) is 5.75 Å². The van der Waals surface area contributed by atoms with Crippen LogP contribution in [0.1, 0.15) is 59.2 Å². The number of aromatic hydroxyl groups is 1. The highest BCUT2D eigenvalue weighted by Crippen LogP contribution is 2.42. The minimum absolute atomic E-state index is 0.0153. The van der Waals surface area contributed by atoms with Gasteiger partial charge >= 0.3 is 6.18 Å². The number of nitrogens with zero attached hydrogens (tertiary/aromatic N) is 7. The van der Waals surface area contributed by atoms with E-state index in [2.05, 4.69) is 15.4 Å². The van der Waals surface area contributed by atoms with E-state index in [9.17, 15) is 37.1 Å². The number of hydrogen-bond donors (Lipinski definition) is 2.